The Balaban J connectivity index is 1.93. The maximum atomic E-state index is 13.6. The third kappa shape index (κ3) is 4.21. The van der Waals surface area contributed by atoms with Gasteiger partial charge in [-0.3, -0.25) is 4.79 Å². The SMILES string of the molecule is CCCc1c(C(=O)Nc2cc(F)cc(C(F)(F)F)c2)cnn1-c1ccccc1. The van der Waals surface area contributed by atoms with Gasteiger partial charge in [0.1, 0.15) is 5.82 Å². The molecule has 1 amide bonds. The molecule has 0 saturated heterocycles. The van der Waals surface area contributed by atoms with E-state index >= 15 is 0 Å². The quantitative estimate of drug-likeness (QED) is 0.605. The van der Waals surface area contributed by atoms with E-state index in [-0.39, 0.29) is 11.3 Å². The number of carbonyl (C=O) groups is 1. The smallest absolute Gasteiger partial charge is 0.322 e. The summed E-state index contributed by atoms with van der Waals surface area (Å²) in [5.74, 6) is -1.73. The van der Waals surface area contributed by atoms with Crippen LogP contribution in [0.4, 0.5) is 23.2 Å². The molecule has 3 rings (SSSR count). The molecule has 146 valence electrons. The van der Waals surface area contributed by atoms with Crippen molar-refractivity contribution < 1.29 is 22.4 Å². The largest absolute Gasteiger partial charge is 0.416 e. The van der Waals surface area contributed by atoms with Crippen LogP contribution >= 0.6 is 0 Å². The molecule has 0 bridgehead atoms. The Labute approximate surface area is 158 Å². The second-order valence-electron chi connectivity index (χ2n) is 6.18. The molecule has 2 aromatic carbocycles. The Morgan fingerprint density at radius 3 is 2.50 bits per heavy atom. The first kappa shape index (κ1) is 19.6. The molecule has 0 unspecified atom stereocenters. The minimum absolute atomic E-state index is 0.225. The zero-order valence-corrected chi connectivity index (χ0v) is 14.9. The van der Waals surface area contributed by atoms with E-state index in [9.17, 15) is 22.4 Å². The van der Waals surface area contributed by atoms with Crippen molar-refractivity contribution in [2.75, 3.05) is 5.32 Å². The fourth-order valence-corrected chi connectivity index (χ4v) is 2.86. The summed E-state index contributed by atoms with van der Waals surface area (Å²) < 4.78 is 53.8. The molecule has 0 aliphatic rings. The molecule has 1 aromatic heterocycles. The molecule has 8 heteroatoms. The second-order valence-corrected chi connectivity index (χ2v) is 6.18. The molecule has 0 atom stereocenters. The van der Waals surface area contributed by atoms with Gasteiger partial charge in [-0.1, -0.05) is 31.5 Å². The second kappa shape index (κ2) is 7.84. The predicted octanol–water partition coefficient (Wildman–Crippen LogP) is 5.24. The fourth-order valence-electron chi connectivity index (χ4n) is 2.86. The van der Waals surface area contributed by atoms with E-state index in [2.05, 4.69) is 10.4 Å². The van der Waals surface area contributed by atoms with Crippen LogP contribution in [0.3, 0.4) is 0 Å². The lowest BCUT2D eigenvalue weighted by molar-refractivity contribution is -0.137. The molecule has 0 fully saturated rings. The lowest BCUT2D eigenvalue weighted by Gasteiger charge is -2.11. The first-order valence-corrected chi connectivity index (χ1v) is 8.61. The lowest BCUT2D eigenvalue weighted by atomic mass is 10.1. The zero-order chi connectivity index (χ0) is 20.3. The van der Waals surface area contributed by atoms with E-state index in [1.165, 1.54) is 6.20 Å². The van der Waals surface area contributed by atoms with Crippen LogP contribution in [0, 0.1) is 5.82 Å². The molecular formula is C20H17F4N3O. The summed E-state index contributed by atoms with van der Waals surface area (Å²) in [5.41, 5.74) is 0.168. The summed E-state index contributed by atoms with van der Waals surface area (Å²) in [6, 6.07) is 11.1. The normalized spacial score (nSPS) is 11.5. The Morgan fingerprint density at radius 2 is 1.86 bits per heavy atom. The van der Waals surface area contributed by atoms with Gasteiger partial charge in [-0.05, 0) is 36.8 Å². The van der Waals surface area contributed by atoms with E-state index in [4.69, 9.17) is 0 Å². The molecule has 1 heterocycles. The minimum atomic E-state index is -4.72. The van der Waals surface area contributed by atoms with Crippen molar-refractivity contribution in [3.63, 3.8) is 0 Å². The van der Waals surface area contributed by atoms with Crippen molar-refractivity contribution in [2.45, 2.75) is 25.9 Å². The number of hydrogen-bond acceptors (Lipinski definition) is 2. The van der Waals surface area contributed by atoms with Crippen molar-refractivity contribution in [1.29, 1.82) is 0 Å². The van der Waals surface area contributed by atoms with Gasteiger partial charge in [0, 0.05) is 5.69 Å². The van der Waals surface area contributed by atoms with Gasteiger partial charge in [0.25, 0.3) is 5.91 Å². The summed E-state index contributed by atoms with van der Waals surface area (Å²) in [6.45, 7) is 1.94. The van der Waals surface area contributed by atoms with E-state index in [0.717, 1.165) is 18.2 Å². The molecule has 4 nitrogen and oxygen atoms in total. The molecule has 0 spiro atoms. The van der Waals surface area contributed by atoms with Gasteiger partial charge < -0.3 is 5.32 Å². The average molecular weight is 391 g/mol. The lowest BCUT2D eigenvalue weighted by Crippen LogP contribution is -2.16. The first-order valence-electron chi connectivity index (χ1n) is 8.61. The van der Waals surface area contributed by atoms with E-state index in [0.29, 0.717) is 24.2 Å². The number of nitrogens with one attached hydrogen (secondary N) is 1. The van der Waals surface area contributed by atoms with Crippen LogP contribution in [0.25, 0.3) is 5.69 Å². The zero-order valence-electron chi connectivity index (χ0n) is 14.9. The average Bonchev–Trinajstić information content (AvgIpc) is 3.05. The van der Waals surface area contributed by atoms with Gasteiger partial charge in [0.2, 0.25) is 0 Å². The fraction of sp³-hybridized carbons (Fsp3) is 0.200. The van der Waals surface area contributed by atoms with E-state index in [1.54, 1.807) is 4.68 Å². The number of rotatable bonds is 5. The molecule has 28 heavy (non-hydrogen) atoms. The molecular weight excluding hydrogens is 374 g/mol. The van der Waals surface area contributed by atoms with Crippen molar-refractivity contribution in [3.8, 4) is 5.69 Å². The summed E-state index contributed by atoms with van der Waals surface area (Å²) >= 11 is 0. The Kier molecular flexibility index (Phi) is 5.48. The minimum Gasteiger partial charge on any atom is -0.322 e. The van der Waals surface area contributed by atoms with Crippen LogP contribution in [0.5, 0.6) is 0 Å². The van der Waals surface area contributed by atoms with Crippen LogP contribution in [0.15, 0.2) is 54.7 Å². The van der Waals surface area contributed by atoms with E-state index < -0.39 is 23.5 Å². The number of halogens is 4. The number of aromatic nitrogens is 2. The van der Waals surface area contributed by atoms with Crippen LogP contribution in [0.1, 0.15) is 35.0 Å². The van der Waals surface area contributed by atoms with E-state index in [1.807, 2.05) is 37.3 Å². The van der Waals surface area contributed by atoms with Crippen LogP contribution in [-0.2, 0) is 12.6 Å². The van der Waals surface area contributed by atoms with Crippen molar-refractivity contribution in [3.05, 3.63) is 77.4 Å². The van der Waals surface area contributed by atoms with Crippen molar-refractivity contribution in [1.82, 2.24) is 9.78 Å². The highest BCUT2D eigenvalue weighted by molar-refractivity contribution is 6.05. The molecule has 1 N–H and O–H groups in total. The topological polar surface area (TPSA) is 46.9 Å². The predicted molar refractivity (Wildman–Crippen MR) is 96.9 cm³/mol. The monoisotopic (exact) mass is 391 g/mol. The number of benzene rings is 2. The van der Waals surface area contributed by atoms with Crippen molar-refractivity contribution >= 4 is 11.6 Å². The van der Waals surface area contributed by atoms with Gasteiger partial charge in [-0.25, -0.2) is 9.07 Å². The van der Waals surface area contributed by atoms with Gasteiger partial charge in [0.05, 0.1) is 28.7 Å². The maximum Gasteiger partial charge on any atom is 0.416 e. The Bertz CT molecular complexity index is 981. The van der Waals surface area contributed by atoms with Crippen LogP contribution < -0.4 is 5.32 Å². The third-order valence-electron chi connectivity index (χ3n) is 4.08. The number of nitrogens with zero attached hydrogens (tertiary/aromatic N) is 2. The van der Waals surface area contributed by atoms with Gasteiger partial charge in [-0.2, -0.15) is 18.3 Å². The summed E-state index contributed by atoms with van der Waals surface area (Å²) in [6.07, 6.45) is -2.09. The number of hydrogen-bond donors (Lipinski definition) is 1. The van der Waals surface area contributed by atoms with Gasteiger partial charge in [-0.15, -0.1) is 0 Å². The molecule has 0 radical (unpaired) electrons. The number of alkyl halides is 3. The van der Waals surface area contributed by atoms with Crippen LogP contribution in [-0.4, -0.2) is 15.7 Å². The molecule has 3 aromatic rings. The number of anilines is 1. The third-order valence-corrected chi connectivity index (χ3v) is 4.08. The highest BCUT2D eigenvalue weighted by atomic mass is 19.4. The standard InChI is InChI=1S/C20H17F4N3O/c1-2-6-18-17(12-25-27(18)16-7-4-3-5-8-16)19(28)26-15-10-13(20(22,23)24)9-14(21)11-15/h3-5,7-12H,2,6H2,1H3,(H,26,28). The number of amides is 1. The summed E-state index contributed by atoms with van der Waals surface area (Å²) in [4.78, 5) is 12.7. The number of para-hydroxylation sites is 1. The highest BCUT2D eigenvalue weighted by Crippen LogP contribution is 2.32. The van der Waals surface area contributed by atoms with Gasteiger partial charge >= 0.3 is 6.18 Å². The van der Waals surface area contributed by atoms with Crippen LogP contribution in [0.2, 0.25) is 0 Å². The Hall–Kier alpha value is -3.16. The molecule has 0 aliphatic carbocycles. The summed E-state index contributed by atoms with van der Waals surface area (Å²) in [5, 5.41) is 6.59. The van der Waals surface area contributed by atoms with Gasteiger partial charge in [0.15, 0.2) is 0 Å². The maximum absolute atomic E-state index is 13.6. The first-order chi connectivity index (χ1) is 13.3. The Morgan fingerprint density at radius 1 is 1.14 bits per heavy atom. The highest BCUT2D eigenvalue weighted by Gasteiger charge is 2.31. The van der Waals surface area contributed by atoms with Crippen molar-refractivity contribution in [2.24, 2.45) is 0 Å². The molecule has 0 aliphatic heterocycles. The summed E-state index contributed by atoms with van der Waals surface area (Å²) in [7, 11) is 0. The molecule has 0 saturated carbocycles. The number of carbonyl (C=O) groups excluding carboxylic acids is 1.